The third-order valence-electron chi connectivity index (χ3n) is 3.97. The van der Waals surface area contributed by atoms with E-state index < -0.39 is 0 Å². The number of aromatic nitrogens is 6. The summed E-state index contributed by atoms with van der Waals surface area (Å²) in [6.07, 6.45) is 3.55. The number of rotatable bonds is 6. The molecule has 0 bridgehead atoms. The van der Waals surface area contributed by atoms with E-state index in [0.29, 0.717) is 18.9 Å². The van der Waals surface area contributed by atoms with Crippen LogP contribution in [-0.2, 0) is 13.6 Å². The molecule has 25 heavy (non-hydrogen) atoms. The predicted molar refractivity (Wildman–Crippen MR) is 91.4 cm³/mol. The molecule has 3 heterocycles. The van der Waals surface area contributed by atoms with E-state index in [-0.39, 0.29) is 23.3 Å². The van der Waals surface area contributed by atoms with Gasteiger partial charge in [0.25, 0.3) is 5.91 Å². The Balaban J connectivity index is 1.48. The summed E-state index contributed by atoms with van der Waals surface area (Å²) in [6.45, 7) is 0.601. The van der Waals surface area contributed by atoms with Crippen LogP contribution in [-0.4, -0.2) is 41.8 Å². The molecule has 0 saturated heterocycles. The minimum atomic E-state index is -0.318. The number of hydrogen-bond acceptors (Lipinski definition) is 6. The number of hydrogen-bond donors (Lipinski definition) is 1. The highest BCUT2D eigenvalue weighted by molar-refractivity contribution is 7.13. The molecule has 3 aromatic rings. The van der Waals surface area contributed by atoms with Crippen molar-refractivity contribution >= 4 is 17.2 Å². The maximum atomic E-state index is 12.6. The first-order valence-electron chi connectivity index (χ1n) is 8.01. The number of carbonyl (C=O) groups excluding carboxylic acids is 1. The summed E-state index contributed by atoms with van der Waals surface area (Å²) in [5.74, 6) is 0.393. The zero-order chi connectivity index (χ0) is 17.4. The molecular weight excluding hydrogens is 342 g/mol. The quantitative estimate of drug-likeness (QED) is 0.697. The lowest BCUT2D eigenvalue weighted by Crippen LogP contribution is -2.32. The number of nitrogens with zero attached hydrogens (tertiary/aromatic N) is 6. The Morgan fingerprint density at radius 2 is 2.28 bits per heavy atom. The highest BCUT2D eigenvalue weighted by atomic mass is 32.1. The van der Waals surface area contributed by atoms with E-state index in [9.17, 15) is 9.59 Å². The number of amides is 1. The molecule has 0 aromatic carbocycles. The molecule has 1 amide bonds. The molecule has 0 spiro atoms. The van der Waals surface area contributed by atoms with Crippen molar-refractivity contribution in [1.82, 2.24) is 34.7 Å². The molecule has 1 saturated carbocycles. The van der Waals surface area contributed by atoms with E-state index >= 15 is 0 Å². The van der Waals surface area contributed by atoms with E-state index in [0.717, 1.165) is 17.7 Å². The topological polar surface area (TPSA) is 99.6 Å². The first kappa shape index (κ1) is 15.8. The van der Waals surface area contributed by atoms with Gasteiger partial charge in [0, 0.05) is 19.6 Å². The summed E-state index contributed by atoms with van der Waals surface area (Å²) in [7, 11) is 1.69. The number of nitrogens with one attached hydrogen (secondary N) is 1. The third kappa shape index (κ3) is 3.12. The van der Waals surface area contributed by atoms with Gasteiger partial charge < -0.3 is 5.32 Å². The summed E-state index contributed by atoms with van der Waals surface area (Å²) in [4.78, 5) is 25.6. The Hall–Kier alpha value is -2.75. The van der Waals surface area contributed by atoms with Crippen molar-refractivity contribution in [2.24, 2.45) is 7.05 Å². The Morgan fingerprint density at radius 1 is 1.44 bits per heavy atom. The molecule has 130 valence electrons. The largest absolute Gasteiger partial charge is 0.349 e. The van der Waals surface area contributed by atoms with Crippen LogP contribution in [0, 0.1) is 0 Å². The Kier molecular flexibility index (Phi) is 3.96. The maximum Gasteiger partial charge on any atom is 0.346 e. The van der Waals surface area contributed by atoms with Gasteiger partial charge in [0.1, 0.15) is 0 Å². The van der Waals surface area contributed by atoms with Crippen LogP contribution in [0.2, 0.25) is 0 Å². The zero-order valence-corrected chi connectivity index (χ0v) is 14.4. The van der Waals surface area contributed by atoms with Gasteiger partial charge in [0.15, 0.2) is 11.5 Å². The van der Waals surface area contributed by atoms with E-state index in [1.54, 1.807) is 23.0 Å². The Bertz CT molecular complexity index is 949. The first-order valence-corrected chi connectivity index (χ1v) is 8.89. The Morgan fingerprint density at radius 3 is 2.92 bits per heavy atom. The van der Waals surface area contributed by atoms with Crippen molar-refractivity contribution < 1.29 is 4.79 Å². The third-order valence-corrected chi connectivity index (χ3v) is 4.83. The second-order valence-electron chi connectivity index (χ2n) is 5.94. The molecule has 0 radical (unpaired) electrons. The van der Waals surface area contributed by atoms with Gasteiger partial charge in [-0.15, -0.1) is 21.5 Å². The molecule has 4 rings (SSSR count). The molecule has 1 fully saturated rings. The fourth-order valence-corrected chi connectivity index (χ4v) is 3.32. The fourth-order valence-electron chi connectivity index (χ4n) is 2.62. The van der Waals surface area contributed by atoms with E-state index in [2.05, 4.69) is 20.7 Å². The summed E-state index contributed by atoms with van der Waals surface area (Å²) in [5.41, 5.74) is 0.122. The van der Waals surface area contributed by atoms with Gasteiger partial charge in [-0.3, -0.25) is 14.0 Å². The van der Waals surface area contributed by atoms with Gasteiger partial charge in [-0.2, -0.15) is 0 Å². The normalized spacial score (nSPS) is 14.0. The van der Waals surface area contributed by atoms with Gasteiger partial charge in [0.2, 0.25) is 0 Å². The monoisotopic (exact) mass is 359 g/mol. The average molecular weight is 359 g/mol. The summed E-state index contributed by atoms with van der Waals surface area (Å²) in [6, 6.07) is 4.15. The lowest BCUT2D eigenvalue weighted by Gasteiger charge is -2.02. The summed E-state index contributed by atoms with van der Waals surface area (Å²) >= 11 is 1.56. The van der Waals surface area contributed by atoms with Gasteiger partial charge >= 0.3 is 5.69 Å². The molecule has 1 aliphatic rings. The molecule has 3 aromatic heterocycles. The van der Waals surface area contributed by atoms with Crippen molar-refractivity contribution in [2.45, 2.75) is 25.4 Å². The first-order chi connectivity index (χ1) is 12.1. The van der Waals surface area contributed by atoms with Crippen LogP contribution in [0.5, 0.6) is 0 Å². The van der Waals surface area contributed by atoms with Crippen molar-refractivity contribution in [3.05, 3.63) is 39.9 Å². The molecule has 10 heteroatoms. The molecule has 0 atom stereocenters. The SMILES string of the molecule is Cn1cc(C(=O)NCCn2nc(-c3cccs3)n(C3CC3)c2=O)nn1. The van der Waals surface area contributed by atoms with Gasteiger partial charge in [-0.05, 0) is 24.3 Å². The highest BCUT2D eigenvalue weighted by Gasteiger charge is 2.30. The molecule has 0 aliphatic heterocycles. The standard InChI is InChI=1S/C15H17N7O2S/c1-20-9-11(17-19-20)14(23)16-6-7-21-15(24)22(10-4-5-10)13(18-21)12-3-2-8-25-12/h2-3,8-10H,4-7H2,1H3,(H,16,23). The van der Waals surface area contributed by atoms with Gasteiger partial charge in [-0.1, -0.05) is 11.3 Å². The molecule has 1 aliphatic carbocycles. The fraction of sp³-hybridized carbons (Fsp3) is 0.400. The van der Waals surface area contributed by atoms with Crippen LogP contribution < -0.4 is 11.0 Å². The predicted octanol–water partition coefficient (Wildman–Crippen LogP) is 0.667. The van der Waals surface area contributed by atoms with Crippen LogP contribution >= 0.6 is 11.3 Å². The number of aryl methyl sites for hydroxylation is 1. The van der Waals surface area contributed by atoms with Crippen molar-refractivity contribution in [2.75, 3.05) is 6.54 Å². The molecule has 9 nitrogen and oxygen atoms in total. The van der Waals surface area contributed by atoms with Crippen molar-refractivity contribution in [1.29, 1.82) is 0 Å². The minimum absolute atomic E-state index is 0.125. The van der Waals surface area contributed by atoms with Crippen LogP contribution in [0.25, 0.3) is 10.7 Å². The van der Waals surface area contributed by atoms with Gasteiger partial charge in [0.05, 0.1) is 17.6 Å². The zero-order valence-electron chi connectivity index (χ0n) is 13.6. The summed E-state index contributed by atoms with van der Waals surface area (Å²) in [5, 5.41) is 16.7. The van der Waals surface area contributed by atoms with E-state index in [4.69, 9.17) is 0 Å². The molecular formula is C15H17N7O2S. The van der Waals surface area contributed by atoms with Crippen LogP contribution in [0.3, 0.4) is 0 Å². The lowest BCUT2D eigenvalue weighted by atomic mass is 10.4. The summed E-state index contributed by atoms with van der Waals surface area (Å²) < 4.78 is 4.66. The smallest absolute Gasteiger partial charge is 0.346 e. The van der Waals surface area contributed by atoms with E-state index in [1.165, 1.54) is 15.6 Å². The average Bonchev–Trinajstić information content (AvgIpc) is 3.00. The van der Waals surface area contributed by atoms with E-state index in [1.807, 2.05) is 17.5 Å². The molecule has 0 unspecified atom stereocenters. The van der Waals surface area contributed by atoms with Crippen molar-refractivity contribution in [3.8, 4) is 10.7 Å². The Labute approximate surface area is 146 Å². The highest BCUT2D eigenvalue weighted by Crippen LogP contribution is 2.37. The second kappa shape index (κ2) is 6.28. The van der Waals surface area contributed by atoms with Crippen LogP contribution in [0.4, 0.5) is 0 Å². The maximum absolute atomic E-state index is 12.6. The number of thiophene rings is 1. The number of carbonyl (C=O) groups is 1. The lowest BCUT2D eigenvalue weighted by molar-refractivity contribution is 0.0946. The molecule has 1 N–H and O–H groups in total. The minimum Gasteiger partial charge on any atom is -0.349 e. The van der Waals surface area contributed by atoms with Crippen LogP contribution in [0.1, 0.15) is 29.4 Å². The van der Waals surface area contributed by atoms with Gasteiger partial charge in [-0.25, -0.2) is 9.48 Å². The van der Waals surface area contributed by atoms with Crippen molar-refractivity contribution in [3.63, 3.8) is 0 Å². The van der Waals surface area contributed by atoms with Crippen LogP contribution in [0.15, 0.2) is 28.5 Å². The second-order valence-corrected chi connectivity index (χ2v) is 6.89.